The van der Waals surface area contributed by atoms with Crippen LogP contribution < -0.4 is 0 Å². The largest absolute Gasteiger partial charge is 0.430 e. The third kappa shape index (κ3) is 29.6. The number of hydrogen-bond acceptors (Lipinski definition) is 2. The molecule has 1 heterocycles. The van der Waals surface area contributed by atoms with Crippen LogP contribution in [0.4, 0.5) is 0 Å². The number of carbonyl (C=O) groups is 1. The summed E-state index contributed by atoms with van der Waals surface area (Å²) in [6.07, 6.45) is 58.1. The van der Waals surface area contributed by atoms with Crippen LogP contribution in [-0.4, -0.2) is 5.97 Å². The molecule has 0 aromatic rings. The number of unbranched alkanes of at least 4 members (excludes halogenated alkanes) is 35. The second kappa shape index (κ2) is 37.0. The highest BCUT2D eigenvalue weighted by atomic mass is 16.6. The van der Waals surface area contributed by atoms with E-state index >= 15 is 0 Å². The molecule has 0 aromatic carbocycles. The molecule has 2 nitrogen and oxygen atoms in total. The number of cyclic esters (lactones) is 1. The summed E-state index contributed by atoms with van der Waals surface area (Å²) >= 11 is 0. The quantitative estimate of drug-likeness (QED) is 0.0369. The lowest BCUT2D eigenvalue weighted by Gasteiger charge is -2.28. The van der Waals surface area contributed by atoms with Gasteiger partial charge in [0.1, 0.15) is 11.7 Å². The molecule has 0 N–H and O–H groups in total. The van der Waals surface area contributed by atoms with Crippen molar-refractivity contribution >= 4 is 5.97 Å². The minimum atomic E-state index is 0.0194. The van der Waals surface area contributed by atoms with Crippen molar-refractivity contribution in [3.8, 4) is 0 Å². The Kier molecular flexibility index (Phi) is 34.4. The van der Waals surface area contributed by atoms with Crippen LogP contribution in [0.3, 0.4) is 0 Å². The molecule has 0 aromatic heterocycles. The lowest BCUT2D eigenvalue weighted by molar-refractivity contribution is -0.157. The molecule has 1 saturated heterocycles. The zero-order valence-electron chi connectivity index (χ0n) is 32.4. The summed E-state index contributed by atoms with van der Waals surface area (Å²) < 4.78 is 5.40. The standard InChI is InChI=1S/C46H84O2/c1-3-5-7-9-11-13-15-17-19-21-23-25-27-29-31-33-35-37-39-41-43-45-44(46(47)48-45)42-40-38-36-34-32-30-28-26-24-22-20-18-16-14-12-10-8-6-4-2/h3-4,43-44H,1-2,5-42H2/b45-43-. The first-order valence-corrected chi connectivity index (χ1v) is 21.9. The Hall–Kier alpha value is -1.31. The molecule has 1 fully saturated rings. The molecule has 1 aliphatic rings. The summed E-state index contributed by atoms with van der Waals surface area (Å²) in [4.78, 5) is 12.0. The van der Waals surface area contributed by atoms with Crippen molar-refractivity contribution in [2.24, 2.45) is 5.92 Å². The highest BCUT2D eigenvalue weighted by Gasteiger charge is 2.36. The van der Waals surface area contributed by atoms with Crippen LogP contribution in [-0.2, 0) is 9.53 Å². The van der Waals surface area contributed by atoms with Gasteiger partial charge in [-0.1, -0.05) is 211 Å². The molecule has 1 unspecified atom stereocenters. The first kappa shape index (κ1) is 44.7. The Bertz CT molecular complexity index is 736. The maximum Gasteiger partial charge on any atom is 0.321 e. The van der Waals surface area contributed by atoms with Gasteiger partial charge in [0.2, 0.25) is 0 Å². The van der Waals surface area contributed by atoms with Crippen molar-refractivity contribution in [1.29, 1.82) is 0 Å². The van der Waals surface area contributed by atoms with Gasteiger partial charge in [0, 0.05) is 0 Å². The first-order valence-electron chi connectivity index (χ1n) is 21.9. The summed E-state index contributed by atoms with van der Waals surface area (Å²) in [5.41, 5.74) is 0. The van der Waals surface area contributed by atoms with Crippen molar-refractivity contribution in [2.45, 2.75) is 244 Å². The van der Waals surface area contributed by atoms with Gasteiger partial charge in [-0.05, 0) is 51.0 Å². The predicted molar refractivity (Wildman–Crippen MR) is 214 cm³/mol. The zero-order chi connectivity index (χ0) is 34.4. The number of ether oxygens (including phenoxy) is 1. The van der Waals surface area contributed by atoms with E-state index in [2.05, 4.69) is 19.2 Å². The highest BCUT2D eigenvalue weighted by molar-refractivity contribution is 5.82. The van der Waals surface area contributed by atoms with Gasteiger partial charge in [0.05, 0.1) is 0 Å². The first-order chi connectivity index (χ1) is 23.8. The van der Waals surface area contributed by atoms with Crippen LogP contribution in [0.1, 0.15) is 244 Å². The Labute approximate surface area is 301 Å². The van der Waals surface area contributed by atoms with E-state index in [4.69, 9.17) is 4.74 Å². The second-order valence-corrected chi connectivity index (χ2v) is 15.3. The lowest BCUT2D eigenvalue weighted by Crippen LogP contribution is -2.32. The molecule has 1 rings (SSSR count). The van der Waals surface area contributed by atoms with E-state index in [-0.39, 0.29) is 11.9 Å². The normalized spacial score (nSPS) is 15.1. The van der Waals surface area contributed by atoms with Gasteiger partial charge in [-0.25, -0.2) is 0 Å². The monoisotopic (exact) mass is 669 g/mol. The van der Waals surface area contributed by atoms with Gasteiger partial charge in [-0.15, -0.1) is 13.2 Å². The van der Waals surface area contributed by atoms with Gasteiger partial charge < -0.3 is 4.74 Å². The number of esters is 1. The Morgan fingerprint density at radius 2 is 0.625 bits per heavy atom. The third-order valence-electron chi connectivity index (χ3n) is 10.7. The molecular formula is C46H84O2. The van der Waals surface area contributed by atoms with E-state index in [9.17, 15) is 4.79 Å². The molecule has 0 amide bonds. The van der Waals surface area contributed by atoms with Crippen LogP contribution in [0.2, 0.25) is 0 Å². The molecule has 280 valence electrons. The number of hydrogen-bond donors (Lipinski definition) is 0. The molecule has 1 aliphatic heterocycles. The van der Waals surface area contributed by atoms with E-state index in [0.717, 1.165) is 18.6 Å². The SMILES string of the molecule is C=CCCCCCCCCCCCCCCCCCCC/C=C1\OC(=O)C1CCCCCCCCCCCCCCCCCCCC=C. The van der Waals surface area contributed by atoms with Gasteiger partial charge in [0.25, 0.3) is 0 Å². The lowest BCUT2D eigenvalue weighted by atomic mass is 9.93. The van der Waals surface area contributed by atoms with Crippen molar-refractivity contribution in [3.63, 3.8) is 0 Å². The van der Waals surface area contributed by atoms with Crippen molar-refractivity contribution in [3.05, 3.63) is 37.1 Å². The maximum atomic E-state index is 12.0. The van der Waals surface area contributed by atoms with Crippen LogP contribution in [0.5, 0.6) is 0 Å². The molecule has 2 heteroatoms. The summed E-state index contributed by atoms with van der Waals surface area (Å²) in [7, 11) is 0. The van der Waals surface area contributed by atoms with Gasteiger partial charge in [0.15, 0.2) is 0 Å². The van der Waals surface area contributed by atoms with E-state index < -0.39 is 0 Å². The van der Waals surface area contributed by atoms with Gasteiger partial charge in [-0.3, -0.25) is 4.79 Å². The number of allylic oxidation sites excluding steroid dienone is 3. The Morgan fingerprint density at radius 1 is 0.375 bits per heavy atom. The fraction of sp³-hybridized carbons (Fsp3) is 0.848. The highest BCUT2D eigenvalue weighted by Crippen LogP contribution is 2.32. The van der Waals surface area contributed by atoms with Crippen molar-refractivity contribution < 1.29 is 9.53 Å². The van der Waals surface area contributed by atoms with Crippen LogP contribution >= 0.6 is 0 Å². The van der Waals surface area contributed by atoms with E-state index in [1.54, 1.807) is 0 Å². The maximum absolute atomic E-state index is 12.0. The second-order valence-electron chi connectivity index (χ2n) is 15.3. The van der Waals surface area contributed by atoms with Crippen molar-refractivity contribution in [1.82, 2.24) is 0 Å². The van der Waals surface area contributed by atoms with E-state index in [1.807, 2.05) is 12.2 Å². The average Bonchev–Trinajstić information content (AvgIpc) is 3.09. The molecule has 0 spiro atoms. The number of carbonyl (C=O) groups excluding carboxylic acids is 1. The minimum Gasteiger partial charge on any atom is -0.430 e. The van der Waals surface area contributed by atoms with Crippen LogP contribution in [0.25, 0.3) is 0 Å². The van der Waals surface area contributed by atoms with E-state index in [0.29, 0.717) is 0 Å². The smallest absolute Gasteiger partial charge is 0.321 e. The summed E-state index contributed by atoms with van der Waals surface area (Å²) in [6, 6.07) is 0. The number of rotatable bonds is 40. The molecule has 0 bridgehead atoms. The minimum absolute atomic E-state index is 0.0194. The van der Waals surface area contributed by atoms with Crippen molar-refractivity contribution in [2.75, 3.05) is 0 Å². The van der Waals surface area contributed by atoms with Crippen LogP contribution in [0.15, 0.2) is 37.1 Å². The summed E-state index contributed by atoms with van der Waals surface area (Å²) in [5, 5.41) is 0. The fourth-order valence-electron chi connectivity index (χ4n) is 7.38. The van der Waals surface area contributed by atoms with Crippen LogP contribution in [0, 0.1) is 5.92 Å². The summed E-state index contributed by atoms with van der Waals surface area (Å²) in [6.45, 7) is 7.61. The molecular weight excluding hydrogens is 585 g/mol. The Morgan fingerprint density at radius 3 is 0.896 bits per heavy atom. The average molecular weight is 669 g/mol. The van der Waals surface area contributed by atoms with Gasteiger partial charge >= 0.3 is 5.97 Å². The molecule has 0 saturated carbocycles. The molecule has 0 radical (unpaired) electrons. The molecule has 48 heavy (non-hydrogen) atoms. The topological polar surface area (TPSA) is 26.3 Å². The predicted octanol–water partition coefficient (Wildman–Crippen LogP) is 16.2. The zero-order valence-corrected chi connectivity index (χ0v) is 32.4. The van der Waals surface area contributed by atoms with Gasteiger partial charge in [-0.2, -0.15) is 0 Å². The van der Waals surface area contributed by atoms with E-state index in [1.165, 1.54) is 231 Å². The Balaban J connectivity index is 1.79. The molecule has 0 aliphatic carbocycles. The third-order valence-corrected chi connectivity index (χ3v) is 10.7. The fourth-order valence-corrected chi connectivity index (χ4v) is 7.38. The molecule has 1 atom stereocenters. The summed E-state index contributed by atoms with van der Waals surface area (Å²) in [5.74, 6) is 1.08.